The molecule has 2 unspecified atom stereocenters. The maximum atomic E-state index is 14.5. The molecule has 1 saturated carbocycles. The standard InChI is InChI=1S/C21H19F2N7O2/c1-10-3-4-13(22)17(16(10)23)29-5-11-12(6-29)15(11)19-26-14(32-27-19)7-30-9-25-20-18(21(30)31)28(2)8-24-20/h3-4,8-9,11-12,15H,5-7H2,1-2H3. The zero-order valence-electron chi connectivity index (χ0n) is 17.4. The number of piperidine rings is 1. The van der Waals surface area contributed by atoms with Crippen LogP contribution in [-0.2, 0) is 13.6 Å². The molecular weight excluding hydrogens is 420 g/mol. The van der Waals surface area contributed by atoms with Gasteiger partial charge in [-0.2, -0.15) is 4.98 Å². The van der Waals surface area contributed by atoms with Crippen LogP contribution >= 0.6 is 0 Å². The quantitative estimate of drug-likeness (QED) is 0.480. The summed E-state index contributed by atoms with van der Waals surface area (Å²) in [5.41, 5.74) is 1.02. The minimum atomic E-state index is -0.544. The summed E-state index contributed by atoms with van der Waals surface area (Å²) in [6.07, 6.45) is 2.95. The minimum Gasteiger partial charge on any atom is -0.366 e. The first-order chi connectivity index (χ1) is 15.4. The molecule has 9 nitrogen and oxygen atoms in total. The number of hydrogen-bond acceptors (Lipinski definition) is 7. The van der Waals surface area contributed by atoms with Gasteiger partial charge in [-0.25, -0.2) is 18.7 Å². The molecule has 1 aliphatic carbocycles. The SMILES string of the molecule is Cc1ccc(F)c(N2CC3C(C2)C3c2noc(Cn3cnc4ncn(C)c4c3=O)n2)c1F. The van der Waals surface area contributed by atoms with Gasteiger partial charge in [-0.3, -0.25) is 9.36 Å². The molecule has 2 aliphatic rings. The molecule has 11 heteroatoms. The number of halogens is 2. The molecule has 0 radical (unpaired) electrons. The van der Waals surface area contributed by atoms with Crippen molar-refractivity contribution in [1.82, 2.24) is 29.2 Å². The van der Waals surface area contributed by atoms with Gasteiger partial charge in [0.15, 0.2) is 22.8 Å². The van der Waals surface area contributed by atoms with E-state index in [0.717, 1.165) is 0 Å². The molecule has 164 valence electrons. The summed E-state index contributed by atoms with van der Waals surface area (Å²) in [6.45, 7) is 2.81. The first kappa shape index (κ1) is 19.1. The monoisotopic (exact) mass is 439 g/mol. The molecule has 4 aromatic rings. The Morgan fingerprint density at radius 3 is 2.69 bits per heavy atom. The van der Waals surface area contributed by atoms with Crippen LogP contribution in [0.5, 0.6) is 0 Å². The Balaban J connectivity index is 1.18. The number of aromatic nitrogens is 6. The molecule has 0 bridgehead atoms. The number of aryl methyl sites for hydroxylation is 2. The maximum absolute atomic E-state index is 14.5. The second-order valence-corrected chi connectivity index (χ2v) is 8.54. The molecule has 0 spiro atoms. The van der Waals surface area contributed by atoms with Crippen LogP contribution < -0.4 is 10.5 Å². The molecule has 0 N–H and O–H groups in total. The molecule has 6 rings (SSSR count). The highest BCUT2D eigenvalue weighted by Gasteiger charge is 2.59. The summed E-state index contributed by atoms with van der Waals surface area (Å²) in [5, 5.41) is 4.10. The molecule has 0 amide bonds. The number of imidazole rings is 1. The van der Waals surface area contributed by atoms with Crippen molar-refractivity contribution in [3.05, 3.63) is 64.1 Å². The van der Waals surface area contributed by atoms with E-state index in [1.54, 1.807) is 23.4 Å². The fourth-order valence-electron chi connectivity index (χ4n) is 4.82. The molecule has 2 fully saturated rings. The van der Waals surface area contributed by atoms with Crippen LogP contribution in [0, 0.1) is 30.4 Å². The van der Waals surface area contributed by atoms with Crippen LogP contribution in [0.1, 0.15) is 23.2 Å². The Hall–Kier alpha value is -3.63. The number of benzene rings is 1. The molecule has 2 atom stereocenters. The number of anilines is 1. The van der Waals surface area contributed by atoms with Gasteiger partial charge < -0.3 is 14.0 Å². The van der Waals surface area contributed by atoms with Gasteiger partial charge in [0.25, 0.3) is 5.56 Å². The van der Waals surface area contributed by atoms with Crippen LogP contribution in [-0.4, -0.2) is 42.3 Å². The number of nitrogens with zero attached hydrogens (tertiary/aromatic N) is 7. The molecule has 3 aromatic heterocycles. The van der Waals surface area contributed by atoms with E-state index in [1.165, 1.54) is 29.4 Å². The zero-order valence-corrected chi connectivity index (χ0v) is 17.4. The smallest absolute Gasteiger partial charge is 0.280 e. The van der Waals surface area contributed by atoms with Gasteiger partial charge in [0, 0.05) is 26.1 Å². The van der Waals surface area contributed by atoms with E-state index >= 15 is 0 Å². The third-order valence-corrected chi connectivity index (χ3v) is 6.56. The lowest BCUT2D eigenvalue weighted by atomic mass is 10.1. The van der Waals surface area contributed by atoms with E-state index in [2.05, 4.69) is 20.1 Å². The summed E-state index contributed by atoms with van der Waals surface area (Å²) in [4.78, 5) is 27.2. The number of rotatable bonds is 4. The first-order valence-electron chi connectivity index (χ1n) is 10.3. The lowest BCUT2D eigenvalue weighted by Gasteiger charge is -2.23. The van der Waals surface area contributed by atoms with Crippen LogP contribution in [0.15, 0.2) is 34.1 Å². The van der Waals surface area contributed by atoms with Crippen molar-refractivity contribution < 1.29 is 13.3 Å². The summed E-state index contributed by atoms with van der Waals surface area (Å²) in [6, 6.07) is 2.75. The third kappa shape index (κ3) is 2.76. The van der Waals surface area contributed by atoms with E-state index in [4.69, 9.17) is 4.52 Å². The number of fused-ring (bicyclic) bond motifs is 2. The maximum Gasteiger partial charge on any atom is 0.280 e. The predicted molar refractivity (Wildman–Crippen MR) is 109 cm³/mol. The Morgan fingerprint density at radius 2 is 1.91 bits per heavy atom. The lowest BCUT2D eigenvalue weighted by Crippen LogP contribution is -2.26. The molecule has 32 heavy (non-hydrogen) atoms. The normalized spacial score (nSPS) is 22.0. The molecule has 1 saturated heterocycles. The van der Waals surface area contributed by atoms with E-state index in [1.807, 2.05) is 0 Å². The molecular formula is C21H19F2N7O2. The predicted octanol–water partition coefficient (Wildman–Crippen LogP) is 2.00. The Kier molecular flexibility index (Phi) is 3.99. The van der Waals surface area contributed by atoms with Crippen molar-refractivity contribution in [2.24, 2.45) is 18.9 Å². The van der Waals surface area contributed by atoms with Crippen molar-refractivity contribution in [2.45, 2.75) is 19.4 Å². The van der Waals surface area contributed by atoms with Crippen molar-refractivity contribution in [3.8, 4) is 0 Å². The lowest BCUT2D eigenvalue weighted by molar-refractivity contribution is 0.363. The fourth-order valence-corrected chi connectivity index (χ4v) is 4.82. The summed E-state index contributed by atoms with van der Waals surface area (Å²) in [7, 11) is 1.73. The third-order valence-electron chi connectivity index (χ3n) is 6.56. The van der Waals surface area contributed by atoms with Crippen molar-refractivity contribution in [3.63, 3.8) is 0 Å². The summed E-state index contributed by atoms with van der Waals surface area (Å²) < 4.78 is 37.1. The highest BCUT2D eigenvalue weighted by molar-refractivity contribution is 5.68. The highest BCUT2D eigenvalue weighted by Crippen LogP contribution is 2.58. The van der Waals surface area contributed by atoms with E-state index in [-0.39, 0.29) is 35.5 Å². The van der Waals surface area contributed by atoms with E-state index < -0.39 is 11.6 Å². The molecule has 1 aromatic carbocycles. The van der Waals surface area contributed by atoms with E-state index in [9.17, 15) is 13.6 Å². The van der Waals surface area contributed by atoms with Crippen molar-refractivity contribution in [2.75, 3.05) is 18.0 Å². The van der Waals surface area contributed by atoms with Crippen LogP contribution in [0.25, 0.3) is 11.2 Å². The van der Waals surface area contributed by atoms with E-state index in [0.29, 0.717) is 41.5 Å². The first-order valence-corrected chi connectivity index (χ1v) is 10.3. The summed E-state index contributed by atoms with van der Waals surface area (Å²) >= 11 is 0. The van der Waals surface area contributed by atoms with Crippen LogP contribution in [0.4, 0.5) is 14.5 Å². The Bertz CT molecular complexity index is 1410. The minimum absolute atomic E-state index is 0.0437. The van der Waals surface area contributed by atoms with Crippen LogP contribution in [0.3, 0.4) is 0 Å². The topological polar surface area (TPSA) is 94.9 Å². The Morgan fingerprint density at radius 1 is 1.16 bits per heavy atom. The second-order valence-electron chi connectivity index (χ2n) is 8.54. The van der Waals surface area contributed by atoms with Crippen molar-refractivity contribution in [1.29, 1.82) is 0 Å². The van der Waals surface area contributed by atoms with Gasteiger partial charge in [0.05, 0.1) is 6.33 Å². The second kappa shape index (κ2) is 6.68. The van der Waals surface area contributed by atoms with Gasteiger partial charge in [-0.1, -0.05) is 11.2 Å². The van der Waals surface area contributed by atoms with Gasteiger partial charge in [0.1, 0.15) is 24.4 Å². The average Bonchev–Trinajstić information content (AvgIpc) is 3.18. The van der Waals surface area contributed by atoms with Gasteiger partial charge in [-0.15, -0.1) is 0 Å². The largest absolute Gasteiger partial charge is 0.366 e. The van der Waals surface area contributed by atoms with Gasteiger partial charge in [-0.05, 0) is 30.4 Å². The average molecular weight is 439 g/mol. The van der Waals surface area contributed by atoms with Crippen LogP contribution in [0.2, 0.25) is 0 Å². The van der Waals surface area contributed by atoms with Gasteiger partial charge in [0.2, 0.25) is 5.89 Å². The molecule has 1 aliphatic heterocycles. The Labute approximate surface area is 180 Å². The zero-order chi connectivity index (χ0) is 22.1. The van der Waals surface area contributed by atoms with Gasteiger partial charge >= 0.3 is 0 Å². The number of hydrogen-bond donors (Lipinski definition) is 0. The fraction of sp³-hybridized carbons (Fsp3) is 0.381. The highest BCUT2D eigenvalue weighted by atomic mass is 19.1. The summed E-state index contributed by atoms with van der Waals surface area (Å²) in [5.74, 6) is 0.357. The van der Waals surface area contributed by atoms with Crippen molar-refractivity contribution >= 4 is 16.9 Å². The molecule has 4 heterocycles.